The van der Waals surface area contributed by atoms with Gasteiger partial charge in [-0.3, -0.25) is 4.79 Å². The molecule has 128 valence electrons. The molecule has 0 amide bonds. The van der Waals surface area contributed by atoms with Crippen LogP contribution in [-0.2, 0) is 16.4 Å². The van der Waals surface area contributed by atoms with E-state index in [-0.39, 0.29) is 17.2 Å². The van der Waals surface area contributed by atoms with Crippen molar-refractivity contribution in [3.63, 3.8) is 0 Å². The van der Waals surface area contributed by atoms with Gasteiger partial charge in [0.15, 0.2) is 5.78 Å². The molecule has 1 fully saturated rings. The van der Waals surface area contributed by atoms with Crippen LogP contribution in [0.2, 0.25) is 0 Å². The van der Waals surface area contributed by atoms with E-state index >= 15 is 0 Å². The average Bonchev–Trinajstić information content (AvgIpc) is 3.15. The maximum Gasteiger partial charge on any atom is 0.241 e. The second kappa shape index (κ2) is 4.92. The van der Waals surface area contributed by atoms with Crippen molar-refractivity contribution >= 4 is 26.7 Å². The zero-order chi connectivity index (χ0) is 17.3. The van der Waals surface area contributed by atoms with Crippen molar-refractivity contribution in [1.29, 1.82) is 0 Å². The molecule has 2 aliphatic carbocycles. The Labute approximate surface area is 141 Å². The number of rotatable bonds is 3. The minimum atomic E-state index is -3.51. The fourth-order valence-corrected chi connectivity index (χ4v) is 5.23. The van der Waals surface area contributed by atoms with Gasteiger partial charge in [0.2, 0.25) is 10.0 Å². The summed E-state index contributed by atoms with van der Waals surface area (Å²) in [6.07, 6.45) is 3.13. The summed E-state index contributed by atoms with van der Waals surface area (Å²) < 4.78 is 27.9. The average molecular weight is 346 g/mol. The third-order valence-corrected chi connectivity index (χ3v) is 6.60. The molecule has 5 nitrogen and oxygen atoms in total. The Bertz CT molecular complexity index is 966. The van der Waals surface area contributed by atoms with Gasteiger partial charge in [-0.2, -0.15) is 0 Å². The van der Waals surface area contributed by atoms with E-state index < -0.39 is 10.0 Å². The van der Waals surface area contributed by atoms with E-state index in [0.29, 0.717) is 16.9 Å². The van der Waals surface area contributed by atoms with Gasteiger partial charge in [0, 0.05) is 34.6 Å². The molecule has 0 radical (unpaired) electrons. The van der Waals surface area contributed by atoms with Gasteiger partial charge in [-0.15, -0.1) is 0 Å². The van der Waals surface area contributed by atoms with E-state index in [0.717, 1.165) is 41.4 Å². The summed E-state index contributed by atoms with van der Waals surface area (Å²) in [5.41, 5.74) is 3.01. The Hall–Kier alpha value is -1.66. The summed E-state index contributed by atoms with van der Waals surface area (Å²) in [6.45, 7) is 5.96. The monoisotopic (exact) mass is 346 g/mol. The van der Waals surface area contributed by atoms with Crippen LogP contribution in [0, 0.1) is 12.3 Å². The number of Topliss-reactive ketones (excluding diaryl/α,β-unsaturated/α-hetero) is 1. The summed E-state index contributed by atoms with van der Waals surface area (Å²) in [5.74, 6) is 0.138. The van der Waals surface area contributed by atoms with E-state index in [4.69, 9.17) is 0 Å². The van der Waals surface area contributed by atoms with Gasteiger partial charge in [-0.25, -0.2) is 13.1 Å². The van der Waals surface area contributed by atoms with E-state index in [1.54, 1.807) is 13.0 Å². The quantitative estimate of drug-likeness (QED) is 0.896. The summed E-state index contributed by atoms with van der Waals surface area (Å²) in [6, 6.07) is 3.58. The predicted molar refractivity (Wildman–Crippen MR) is 92.8 cm³/mol. The van der Waals surface area contributed by atoms with Crippen LogP contribution in [0.5, 0.6) is 0 Å². The first-order chi connectivity index (χ1) is 11.2. The third-order valence-electron chi connectivity index (χ3n) is 4.93. The smallest absolute Gasteiger partial charge is 0.241 e. The van der Waals surface area contributed by atoms with E-state index in [1.807, 2.05) is 6.07 Å². The molecule has 4 rings (SSSR count). The first-order valence-corrected chi connectivity index (χ1v) is 9.85. The highest BCUT2D eigenvalue weighted by molar-refractivity contribution is 7.89. The fourth-order valence-electron chi connectivity index (χ4n) is 3.67. The standard InChI is InChI=1S/C18H22N2O3S/c1-10-6-12-13(7-16(10)24(22,23)20-11-4-5-11)19-14-8-18(2,3)9-15(21)17(12)14/h6-7,11,19-20H,4-5,8-9H2,1-3H3. The number of carbonyl (C=O) groups is 1. The molecule has 1 heterocycles. The van der Waals surface area contributed by atoms with Gasteiger partial charge in [0.05, 0.1) is 4.90 Å². The Morgan fingerprint density at radius 3 is 2.58 bits per heavy atom. The van der Waals surface area contributed by atoms with Gasteiger partial charge in [0.25, 0.3) is 0 Å². The Morgan fingerprint density at radius 2 is 1.92 bits per heavy atom. The van der Waals surface area contributed by atoms with Gasteiger partial charge in [-0.05, 0) is 49.3 Å². The van der Waals surface area contributed by atoms with Crippen molar-refractivity contribution in [2.45, 2.75) is 57.4 Å². The Balaban J connectivity index is 1.87. The largest absolute Gasteiger partial charge is 0.358 e. The lowest BCUT2D eigenvalue weighted by Crippen LogP contribution is -2.26. The molecule has 2 N–H and O–H groups in total. The number of aromatic amines is 1. The SMILES string of the molecule is Cc1cc2c3c([nH]c2cc1S(=O)(=O)NC1CC1)CC(C)(C)CC3=O. The molecule has 2 aromatic rings. The van der Waals surface area contributed by atoms with Crippen LogP contribution < -0.4 is 4.72 Å². The molecule has 0 bridgehead atoms. The number of ketones is 1. The second-order valence-corrected chi connectivity index (χ2v) is 9.66. The summed E-state index contributed by atoms with van der Waals surface area (Å²) in [7, 11) is -3.51. The van der Waals surface area contributed by atoms with Crippen molar-refractivity contribution in [2.24, 2.45) is 5.41 Å². The molecule has 0 aliphatic heterocycles. The second-order valence-electron chi connectivity index (χ2n) is 7.98. The van der Waals surface area contributed by atoms with Gasteiger partial charge in [-0.1, -0.05) is 13.8 Å². The molecule has 0 saturated heterocycles. The molecule has 0 spiro atoms. The molecule has 0 atom stereocenters. The van der Waals surface area contributed by atoms with Crippen molar-refractivity contribution in [1.82, 2.24) is 9.71 Å². The van der Waals surface area contributed by atoms with Crippen molar-refractivity contribution in [2.75, 3.05) is 0 Å². The third kappa shape index (κ3) is 2.58. The topological polar surface area (TPSA) is 79.0 Å². The lowest BCUT2D eigenvalue weighted by Gasteiger charge is -2.28. The van der Waals surface area contributed by atoms with Crippen LogP contribution in [0.4, 0.5) is 0 Å². The van der Waals surface area contributed by atoms with Crippen LogP contribution in [0.3, 0.4) is 0 Å². The summed E-state index contributed by atoms with van der Waals surface area (Å²) in [4.78, 5) is 16.2. The number of carbonyl (C=O) groups excluding carboxylic acids is 1. The number of aryl methyl sites for hydroxylation is 1. The number of sulfonamides is 1. The predicted octanol–water partition coefficient (Wildman–Crippen LogP) is 3.07. The number of aromatic nitrogens is 1. The summed E-state index contributed by atoms with van der Waals surface area (Å²) >= 11 is 0. The molecule has 1 aromatic heterocycles. The molecule has 1 aromatic carbocycles. The Morgan fingerprint density at radius 1 is 1.21 bits per heavy atom. The highest BCUT2D eigenvalue weighted by atomic mass is 32.2. The zero-order valence-corrected chi connectivity index (χ0v) is 15.0. The number of H-pyrrole nitrogens is 1. The number of fused-ring (bicyclic) bond motifs is 3. The maximum atomic E-state index is 12.6. The minimum Gasteiger partial charge on any atom is -0.358 e. The van der Waals surface area contributed by atoms with Crippen LogP contribution in [0.15, 0.2) is 17.0 Å². The van der Waals surface area contributed by atoms with E-state index in [2.05, 4.69) is 23.6 Å². The highest BCUT2D eigenvalue weighted by Crippen LogP contribution is 2.39. The summed E-state index contributed by atoms with van der Waals surface area (Å²) in [5, 5.41) is 0.841. The van der Waals surface area contributed by atoms with Gasteiger partial charge < -0.3 is 4.98 Å². The number of hydrogen-bond donors (Lipinski definition) is 2. The number of hydrogen-bond acceptors (Lipinski definition) is 3. The zero-order valence-electron chi connectivity index (χ0n) is 14.2. The first kappa shape index (κ1) is 15.8. The molecule has 2 aliphatic rings. The number of benzene rings is 1. The minimum absolute atomic E-state index is 0.0670. The molecule has 0 unspecified atom stereocenters. The van der Waals surface area contributed by atoms with Gasteiger partial charge in [0.1, 0.15) is 0 Å². The molecular weight excluding hydrogens is 324 g/mol. The Kier molecular flexibility index (Phi) is 3.25. The maximum absolute atomic E-state index is 12.6. The lowest BCUT2D eigenvalue weighted by molar-refractivity contribution is 0.0913. The van der Waals surface area contributed by atoms with E-state index in [9.17, 15) is 13.2 Å². The van der Waals surface area contributed by atoms with Crippen molar-refractivity contribution in [3.8, 4) is 0 Å². The van der Waals surface area contributed by atoms with Crippen molar-refractivity contribution < 1.29 is 13.2 Å². The fraction of sp³-hybridized carbons (Fsp3) is 0.500. The first-order valence-electron chi connectivity index (χ1n) is 8.37. The highest BCUT2D eigenvalue weighted by Gasteiger charge is 2.34. The molecular formula is C18H22N2O3S. The normalized spacial score (nSPS) is 20.4. The molecule has 6 heteroatoms. The van der Waals surface area contributed by atoms with Gasteiger partial charge >= 0.3 is 0 Å². The lowest BCUT2D eigenvalue weighted by atomic mass is 9.76. The van der Waals surface area contributed by atoms with Crippen LogP contribution in [-0.4, -0.2) is 25.2 Å². The molecule has 24 heavy (non-hydrogen) atoms. The van der Waals surface area contributed by atoms with Crippen LogP contribution in [0.25, 0.3) is 10.9 Å². The van der Waals surface area contributed by atoms with E-state index in [1.165, 1.54) is 0 Å². The molecule has 1 saturated carbocycles. The number of nitrogens with one attached hydrogen (secondary N) is 2. The van der Waals surface area contributed by atoms with Crippen molar-refractivity contribution in [3.05, 3.63) is 29.0 Å². The van der Waals surface area contributed by atoms with Crippen LogP contribution >= 0.6 is 0 Å². The van der Waals surface area contributed by atoms with Crippen LogP contribution in [0.1, 0.15) is 54.7 Å².